The predicted molar refractivity (Wildman–Crippen MR) is 70.9 cm³/mol. The van der Waals surface area contributed by atoms with Crippen molar-refractivity contribution in [3.05, 3.63) is 29.8 Å². The molecule has 0 amide bonds. The zero-order valence-electron chi connectivity index (χ0n) is 10.1. The van der Waals surface area contributed by atoms with Gasteiger partial charge in [-0.3, -0.25) is 9.71 Å². The van der Waals surface area contributed by atoms with E-state index in [0.717, 1.165) is 17.1 Å². The summed E-state index contributed by atoms with van der Waals surface area (Å²) in [5.41, 5.74) is 6.37. The van der Waals surface area contributed by atoms with Gasteiger partial charge in [0.2, 0.25) is 0 Å². The summed E-state index contributed by atoms with van der Waals surface area (Å²) in [5.74, 6) is -0.0854. The highest BCUT2D eigenvalue weighted by atomic mass is 32.2. The standard InChI is InChI=1S/C11H16N4O2S/c1-15(18(16,17)14-9-5-6-9)10-4-2-3-8(7-10)11(12)13/h2-4,7,9,14H,5-6H2,1H3,(H3,12,13). The molecule has 1 saturated carbocycles. The van der Waals surface area contributed by atoms with Crippen molar-refractivity contribution in [3.8, 4) is 0 Å². The van der Waals surface area contributed by atoms with E-state index < -0.39 is 10.2 Å². The maximum atomic E-state index is 12.0. The molecule has 0 bridgehead atoms. The Bertz CT molecular complexity index is 566. The van der Waals surface area contributed by atoms with Gasteiger partial charge in [0.05, 0.1) is 5.69 Å². The molecule has 1 aliphatic rings. The Morgan fingerprint density at radius 1 is 1.50 bits per heavy atom. The molecule has 1 aromatic carbocycles. The van der Waals surface area contributed by atoms with Crippen molar-refractivity contribution in [2.75, 3.05) is 11.4 Å². The molecule has 1 fully saturated rings. The van der Waals surface area contributed by atoms with Crippen molar-refractivity contribution >= 4 is 21.7 Å². The highest BCUT2D eigenvalue weighted by molar-refractivity contribution is 7.90. The number of rotatable bonds is 5. The van der Waals surface area contributed by atoms with Gasteiger partial charge in [-0.05, 0) is 25.0 Å². The third-order valence-electron chi connectivity index (χ3n) is 2.77. The molecule has 1 aliphatic carbocycles. The van der Waals surface area contributed by atoms with Crippen LogP contribution in [-0.2, 0) is 10.2 Å². The van der Waals surface area contributed by atoms with Gasteiger partial charge >= 0.3 is 10.2 Å². The van der Waals surface area contributed by atoms with Crippen LogP contribution in [0, 0.1) is 5.41 Å². The minimum absolute atomic E-state index is 0.0634. The van der Waals surface area contributed by atoms with Gasteiger partial charge in [0.15, 0.2) is 0 Å². The van der Waals surface area contributed by atoms with Crippen LogP contribution in [0.25, 0.3) is 0 Å². The van der Waals surface area contributed by atoms with Crippen molar-refractivity contribution in [2.24, 2.45) is 5.73 Å². The van der Waals surface area contributed by atoms with Gasteiger partial charge in [-0.2, -0.15) is 13.1 Å². The molecule has 0 saturated heterocycles. The van der Waals surface area contributed by atoms with Gasteiger partial charge in [0.25, 0.3) is 0 Å². The molecule has 0 heterocycles. The second-order valence-electron chi connectivity index (χ2n) is 4.33. The van der Waals surface area contributed by atoms with Crippen LogP contribution < -0.4 is 14.8 Å². The molecule has 6 nitrogen and oxygen atoms in total. The topological polar surface area (TPSA) is 99.3 Å². The van der Waals surface area contributed by atoms with E-state index in [9.17, 15) is 8.42 Å². The van der Waals surface area contributed by atoms with Gasteiger partial charge < -0.3 is 5.73 Å². The number of hydrogen-bond donors (Lipinski definition) is 3. The molecule has 7 heteroatoms. The normalized spacial score (nSPS) is 15.4. The molecule has 0 aliphatic heterocycles. The Labute approximate surface area is 106 Å². The summed E-state index contributed by atoms with van der Waals surface area (Å²) in [5, 5.41) is 7.35. The summed E-state index contributed by atoms with van der Waals surface area (Å²) in [6, 6.07) is 6.65. The van der Waals surface area contributed by atoms with Gasteiger partial charge in [-0.15, -0.1) is 0 Å². The molecule has 0 radical (unpaired) electrons. The average Bonchev–Trinajstić information content (AvgIpc) is 3.11. The van der Waals surface area contributed by atoms with Crippen LogP contribution in [0.3, 0.4) is 0 Å². The lowest BCUT2D eigenvalue weighted by Gasteiger charge is -2.20. The lowest BCUT2D eigenvalue weighted by molar-refractivity contribution is 0.579. The Balaban J connectivity index is 2.24. The van der Waals surface area contributed by atoms with Crippen LogP contribution in [0.15, 0.2) is 24.3 Å². The maximum Gasteiger partial charge on any atom is 0.301 e. The van der Waals surface area contributed by atoms with Gasteiger partial charge in [0.1, 0.15) is 5.84 Å². The van der Waals surface area contributed by atoms with Crippen LogP contribution in [0.4, 0.5) is 5.69 Å². The average molecular weight is 268 g/mol. The van der Waals surface area contributed by atoms with Gasteiger partial charge in [-0.25, -0.2) is 0 Å². The smallest absolute Gasteiger partial charge is 0.301 e. The predicted octanol–water partition coefficient (Wildman–Crippen LogP) is 0.404. The molecule has 2 rings (SSSR count). The second-order valence-corrected chi connectivity index (χ2v) is 6.06. The molecule has 0 spiro atoms. The van der Waals surface area contributed by atoms with Crippen molar-refractivity contribution in [1.82, 2.24) is 4.72 Å². The summed E-state index contributed by atoms with van der Waals surface area (Å²) in [6.45, 7) is 0. The number of hydrogen-bond acceptors (Lipinski definition) is 3. The third-order valence-corrected chi connectivity index (χ3v) is 4.34. The zero-order valence-corrected chi connectivity index (χ0v) is 10.9. The summed E-state index contributed by atoms with van der Waals surface area (Å²) in [4.78, 5) is 0. The molecule has 18 heavy (non-hydrogen) atoms. The van der Waals surface area contributed by atoms with Crippen LogP contribution in [0.5, 0.6) is 0 Å². The van der Waals surface area contributed by atoms with E-state index in [1.54, 1.807) is 24.3 Å². The Kier molecular flexibility index (Phi) is 3.27. The van der Waals surface area contributed by atoms with Crippen molar-refractivity contribution < 1.29 is 8.42 Å². The summed E-state index contributed by atoms with van der Waals surface area (Å²) >= 11 is 0. The molecular weight excluding hydrogens is 252 g/mol. The van der Waals surface area contributed by atoms with Crippen LogP contribution in [0.2, 0.25) is 0 Å². The van der Waals surface area contributed by atoms with E-state index >= 15 is 0 Å². The minimum Gasteiger partial charge on any atom is -0.384 e. The number of nitrogens with two attached hydrogens (primary N) is 1. The zero-order chi connectivity index (χ0) is 13.3. The molecule has 0 unspecified atom stereocenters. The number of benzene rings is 1. The highest BCUT2D eigenvalue weighted by Gasteiger charge is 2.29. The number of amidine groups is 1. The third kappa shape index (κ3) is 2.80. The SMILES string of the molecule is CN(c1cccc(C(=N)N)c1)S(=O)(=O)NC1CC1. The first-order valence-corrected chi connectivity index (χ1v) is 7.05. The van der Waals surface area contributed by atoms with Crippen molar-refractivity contribution in [1.29, 1.82) is 5.41 Å². The summed E-state index contributed by atoms with van der Waals surface area (Å²) < 4.78 is 27.7. The lowest BCUT2D eigenvalue weighted by atomic mass is 10.2. The fourth-order valence-corrected chi connectivity index (χ4v) is 2.71. The molecule has 0 atom stereocenters. The first-order chi connectivity index (χ1) is 8.40. The largest absolute Gasteiger partial charge is 0.384 e. The minimum atomic E-state index is -3.52. The van der Waals surface area contributed by atoms with E-state index in [4.69, 9.17) is 11.1 Å². The van der Waals surface area contributed by atoms with Crippen LogP contribution >= 0.6 is 0 Å². The Hall–Kier alpha value is -1.60. The molecule has 1 aromatic rings. The number of nitrogens with one attached hydrogen (secondary N) is 2. The van der Waals surface area contributed by atoms with Gasteiger partial charge in [0, 0.05) is 18.7 Å². The summed E-state index contributed by atoms with van der Waals surface area (Å²) in [6.07, 6.45) is 1.78. The van der Waals surface area contributed by atoms with Gasteiger partial charge in [-0.1, -0.05) is 12.1 Å². The van der Waals surface area contributed by atoms with Crippen LogP contribution in [-0.4, -0.2) is 27.3 Å². The van der Waals surface area contributed by atoms with E-state index in [0.29, 0.717) is 11.3 Å². The van der Waals surface area contributed by atoms with Crippen molar-refractivity contribution in [3.63, 3.8) is 0 Å². The Morgan fingerprint density at radius 2 is 2.17 bits per heavy atom. The molecule has 0 aromatic heterocycles. The number of nitrogen functional groups attached to an aromatic ring is 1. The van der Waals surface area contributed by atoms with Crippen molar-refractivity contribution in [2.45, 2.75) is 18.9 Å². The second kappa shape index (κ2) is 4.58. The van der Waals surface area contributed by atoms with E-state index in [1.165, 1.54) is 7.05 Å². The van der Waals surface area contributed by atoms with E-state index in [2.05, 4.69) is 4.72 Å². The maximum absolute atomic E-state index is 12.0. The number of nitrogens with zero attached hydrogens (tertiary/aromatic N) is 1. The fraction of sp³-hybridized carbons (Fsp3) is 0.364. The van der Waals surface area contributed by atoms with E-state index in [1.807, 2.05) is 0 Å². The summed E-state index contributed by atoms with van der Waals surface area (Å²) in [7, 11) is -2.04. The first-order valence-electron chi connectivity index (χ1n) is 5.61. The lowest BCUT2D eigenvalue weighted by Crippen LogP contribution is -2.39. The molecular formula is C11H16N4O2S. The number of anilines is 1. The highest BCUT2D eigenvalue weighted by Crippen LogP contribution is 2.23. The molecule has 98 valence electrons. The van der Waals surface area contributed by atoms with Crippen LogP contribution in [0.1, 0.15) is 18.4 Å². The van der Waals surface area contributed by atoms with E-state index in [-0.39, 0.29) is 11.9 Å². The molecule has 4 N–H and O–H groups in total. The Morgan fingerprint density at radius 3 is 2.72 bits per heavy atom. The first kappa shape index (κ1) is 12.8. The fourth-order valence-electron chi connectivity index (χ4n) is 1.50. The monoisotopic (exact) mass is 268 g/mol. The quantitative estimate of drug-likeness (QED) is 0.532.